The molecule has 5 nitrogen and oxygen atoms in total. The Morgan fingerprint density at radius 1 is 1.11 bits per heavy atom. The average Bonchev–Trinajstić information content (AvgIpc) is 3.52. The molecule has 1 aromatic heterocycles. The van der Waals surface area contributed by atoms with Crippen LogP contribution in [-0.4, -0.2) is 40.3 Å². The molecule has 3 atom stereocenters. The van der Waals surface area contributed by atoms with Crippen LogP contribution in [0.2, 0.25) is 0 Å². The van der Waals surface area contributed by atoms with Crippen LogP contribution in [0.5, 0.6) is 0 Å². The Kier molecular flexibility index (Phi) is 7.14. The van der Waals surface area contributed by atoms with Crippen LogP contribution in [0.3, 0.4) is 0 Å². The first-order valence-corrected chi connectivity index (χ1v) is 13.6. The van der Waals surface area contributed by atoms with Gasteiger partial charge in [-0.1, -0.05) is 74.6 Å². The molecule has 1 aromatic carbocycles. The molecule has 192 valence electrons. The number of amides is 1. The zero-order chi connectivity index (χ0) is 26.0. The third-order valence-corrected chi connectivity index (χ3v) is 8.07. The SMILES string of the molecule is C1=CCCC=C1.CC(C)C1=NC(C)N(C/C=C/c2ccc3c(c2)CC2(C3)c3cccnc3NC2C)C1=O. The Morgan fingerprint density at radius 3 is 2.54 bits per heavy atom. The Balaban J connectivity index is 0.000000412. The van der Waals surface area contributed by atoms with E-state index in [1.54, 1.807) is 0 Å². The first-order chi connectivity index (χ1) is 17.9. The van der Waals surface area contributed by atoms with Gasteiger partial charge in [0.05, 0.1) is 0 Å². The lowest BCUT2D eigenvalue weighted by Crippen LogP contribution is -2.37. The van der Waals surface area contributed by atoms with E-state index >= 15 is 0 Å². The number of aliphatic imine (C=N–C) groups is 1. The molecule has 6 rings (SSSR count). The number of aromatic nitrogens is 1. The number of rotatable bonds is 4. The summed E-state index contributed by atoms with van der Waals surface area (Å²) < 4.78 is 0. The molecule has 0 saturated heterocycles. The molecule has 0 radical (unpaired) electrons. The fourth-order valence-electron chi connectivity index (χ4n) is 5.94. The van der Waals surface area contributed by atoms with Crippen molar-refractivity contribution in [2.24, 2.45) is 10.9 Å². The Bertz CT molecular complexity index is 1280. The maximum Gasteiger partial charge on any atom is 0.270 e. The van der Waals surface area contributed by atoms with E-state index in [0.717, 1.165) is 18.7 Å². The van der Waals surface area contributed by atoms with Gasteiger partial charge < -0.3 is 10.2 Å². The van der Waals surface area contributed by atoms with E-state index in [9.17, 15) is 4.79 Å². The number of nitrogens with one attached hydrogen (secondary N) is 1. The van der Waals surface area contributed by atoms with E-state index in [4.69, 9.17) is 0 Å². The van der Waals surface area contributed by atoms with Gasteiger partial charge in [-0.15, -0.1) is 0 Å². The predicted octanol–water partition coefficient (Wildman–Crippen LogP) is 6.12. The second-order valence-electron chi connectivity index (χ2n) is 10.9. The fourth-order valence-corrected chi connectivity index (χ4v) is 5.94. The Hall–Kier alpha value is -3.47. The molecule has 2 aliphatic heterocycles. The highest BCUT2D eigenvalue weighted by Gasteiger charge is 2.48. The molecule has 2 aromatic rings. The monoisotopic (exact) mass is 494 g/mol. The largest absolute Gasteiger partial charge is 0.366 e. The molecule has 4 aliphatic rings. The molecule has 0 fully saturated rings. The number of benzene rings is 1. The van der Waals surface area contributed by atoms with E-state index in [1.807, 2.05) is 37.9 Å². The Labute approximate surface area is 221 Å². The highest BCUT2D eigenvalue weighted by atomic mass is 16.2. The molecule has 3 heterocycles. The maximum absolute atomic E-state index is 12.6. The third kappa shape index (κ3) is 4.92. The van der Waals surface area contributed by atoms with Crippen molar-refractivity contribution < 1.29 is 4.79 Å². The first-order valence-electron chi connectivity index (χ1n) is 13.6. The predicted molar refractivity (Wildman–Crippen MR) is 153 cm³/mol. The molecule has 2 aliphatic carbocycles. The van der Waals surface area contributed by atoms with E-state index in [2.05, 4.69) is 82.9 Å². The van der Waals surface area contributed by atoms with Crippen molar-refractivity contribution in [1.29, 1.82) is 0 Å². The second kappa shape index (κ2) is 10.5. The van der Waals surface area contributed by atoms with Gasteiger partial charge in [-0.05, 0) is 62.3 Å². The number of carbonyl (C=O) groups excluding carboxylic acids is 1. The van der Waals surface area contributed by atoms with Crippen LogP contribution in [-0.2, 0) is 23.1 Å². The smallest absolute Gasteiger partial charge is 0.270 e. The zero-order valence-corrected chi connectivity index (χ0v) is 22.4. The summed E-state index contributed by atoms with van der Waals surface area (Å²) in [7, 11) is 0. The number of hydrogen-bond donors (Lipinski definition) is 1. The Morgan fingerprint density at radius 2 is 1.86 bits per heavy atom. The molecule has 1 N–H and O–H groups in total. The summed E-state index contributed by atoms with van der Waals surface area (Å²) in [6.07, 6.45) is 19.1. The average molecular weight is 495 g/mol. The van der Waals surface area contributed by atoms with Gasteiger partial charge in [0.1, 0.15) is 17.7 Å². The first kappa shape index (κ1) is 25.2. The van der Waals surface area contributed by atoms with Crippen molar-refractivity contribution in [3.8, 4) is 0 Å². The summed E-state index contributed by atoms with van der Waals surface area (Å²) in [6, 6.07) is 11.4. The van der Waals surface area contributed by atoms with Gasteiger partial charge in [0.15, 0.2) is 0 Å². The van der Waals surface area contributed by atoms with E-state index in [1.165, 1.54) is 35.1 Å². The van der Waals surface area contributed by atoms with E-state index in [0.29, 0.717) is 18.3 Å². The van der Waals surface area contributed by atoms with Crippen molar-refractivity contribution in [1.82, 2.24) is 9.88 Å². The summed E-state index contributed by atoms with van der Waals surface area (Å²) in [5, 5.41) is 3.59. The van der Waals surface area contributed by atoms with Gasteiger partial charge in [0.25, 0.3) is 5.91 Å². The molecule has 3 unspecified atom stereocenters. The van der Waals surface area contributed by atoms with E-state index < -0.39 is 0 Å². The van der Waals surface area contributed by atoms with Gasteiger partial charge >= 0.3 is 0 Å². The van der Waals surface area contributed by atoms with Crippen LogP contribution in [0.25, 0.3) is 6.08 Å². The number of anilines is 1. The van der Waals surface area contributed by atoms with Gasteiger partial charge in [0.2, 0.25) is 0 Å². The highest BCUT2D eigenvalue weighted by molar-refractivity contribution is 6.40. The van der Waals surface area contributed by atoms with Crippen molar-refractivity contribution in [2.45, 2.75) is 71.0 Å². The van der Waals surface area contributed by atoms with Crippen LogP contribution >= 0.6 is 0 Å². The van der Waals surface area contributed by atoms with Gasteiger partial charge in [-0.25, -0.2) is 4.98 Å². The normalized spacial score (nSPS) is 25.4. The molecule has 0 bridgehead atoms. The van der Waals surface area contributed by atoms with Crippen molar-refractivity contribution in [3.05, 3.63) is 89.2 Å². The molecule has 0 saturated carbocycles. The fraction of sp³-hybridized carbons (Fsp3) is 0.406. The topological polar surface area (TPSA) is 57.6 Å². The molecule has 37 heavy (non-hydrogen) atoms. The van der Waals surface area contributed by atoms with Crippen molar-refractivity contribution >= 4 is 23.5 Å². The van der Waals surface area contributed by atoms with Crippen LogP contribution in [0, 0.1) is 5.92 Å². The second-order valence-corrected chi connectivity index (χ2v) is 10.9. The number of nitrogens with zero attached hydrogens (tertiary/aromatic N) is 3. The number of hydrogen-bond acceptors (Lipinski definition) is 4. The summed E-state index contributed by atoms with van der Waals surface area (Å²) in [6.45, 7) is 8.89. The van der Waals surface area contributed by atoms with Crippen LogP contribution in [0.4, 0.5) is 5.82 Å². The van der Waals surface area contributed by atoms with E-state index in [-0.39, 0.29) is 23.4 Å². The lowest BCUT2D eigenvalue weighted by molar-refractivity contribution is -0.123. The number of fused-ring (bicyclic) bond motifs is 3. The number of carbonyl (C=O) groups is 1. The maximum atomic E-state index is 12.6. The lowest BCUT2D eigenvalue weighted by Gasteiger charge is -2.28. The van der Waals surface area contributed by atoms with Crippen LogP contribution in [0.1, 0.15) is 62.8 Å². The number of allylic oxidation sites excluding steroid dienone is 4. The molecule has 1 amide bonds. The highest BCUT2D eigenvalue weighted by Crippen LogP contribution is 2.49. The lowest BCUT2D eigenvalue weighted by atomic mass is 9.75. The summed E-state index contributed by atoms with van der Waals surface area (Å²) in [5.41, 5.74) is 6.17. The quantitative estimate of drug-likeness (QED) is 0.557. The minimum Gasteiger partial charge on any atom is -0.366 e. The van der Waals surface area contributed by atoms with Crippen LogP contribution in [0.15, 0.2) is 71.9 Å². The molecule has 1 spiro atoms. The minimum absolute atomic E-state index is 0.0676. The van der Waals surface area contributed by atoms with Crippen molar-refractivity contribution in [2.75, 3.05) is 11.9 Å². The summed E-state index contributed by atoms with van der Waals surface area (Å²) >= 11 is 0. The van der Waals surface area contributed by atoms with Gasteiger partial charge in [-0.3, -0.25) is 9.79 Å². The zero-order valence-electron chi connectivity index (χ0n) is 22.4. The summed E-state index contributed by atoms with van der Waals surface area (Å²) in [5.74, 6) is 1.27. The minimum atomic E-state index is -0.0838. The number of pyridine rings is 1. The van der Waals surface area contributed by atoms with Crippen molar-refractivity contribution in [3.63, 3.8) is 0 Å². The molecular formula is C32H38N4O. The third-order valence-electron chi connectivity index (χ3n) is 8.07. The standard InChI is InChI=1S/C26H30N4O.C6H8/c1-16(2)23-25(31)30(18(4)29-23)12-6-7-19-9-10-20-14-26(15-21(20)13-19)17(3)28-24-22(26)8-5-11-27-24;1-2-4-6-5-3-1/h5-11,13,16-18H,12,14-15H2,1-4H3,(H,27,28);1-4H,5-6H2/b7-6+;. The van der Waals surface area contributed by atoms with Crippen LogP contribution < -0.4 is 5.32 Å². The van der Waals surface area contributed by atoms with Gasteiger partial charge in [0, 0.05) is 35.7 Å². The van der Waals surface area contributed by atoms with Gasteiger partial charge in [-0.2, -0.15) is 0 Å². The molecular weight excluding hydrogens is 456 g/mol. The molecule has 5 heteroatoms. The summed E-state index contributed by atoms with van der Waals surface area (Å²) in [4.78, 5) is 23.5.